The van der Waals surface area contributed by atoms with Crippen molar-refractivity contribution in [3.05, 3.63) is 78.5 Å². The Morgan fingerprint density at radius 1 is 0.761 bits per heavy atom. The van der Waals surface area contributed by atoms with E-state index in [0.29, 0.717) is 53.8 Å². The van der Waals surface area contributed by atoms with Crippen molar-refractivity contribution in [2.75, 3.05) is 24.4 Å². The van der Waals surface area contributed by atoms with Crippen LogP contribution in [-0.4, -0.2) is 30.5 Å². The first kappa shape index (κ1) is 32.8. The van der Waals surface area contributed by atoms with Crippen molar-refractivity contribution < 1.29 is 23.8 Å². The fourth-order valence-electron chi connectivity index (χ4n) is 5.46. The second-order valence-electron chi connectivity index (χ2n) is 12.1. The average molecular weight is 624 g/mol. The number of rotatable bonds is 17. The maximum absolute atomic E-state index is 13.1. The summed E-state index contributed by atoms with van der Waals surface area (Å²) in [6, 6.07) is 20.3. The molecule has 1 heterocycles. The Balaban J connectivity index is 1.18. The summed E-state index contributed by atoms with van der Waals surface area (Å²) in [5.41, 5.74) is 2.06. The fraction of sp³-hybridized carbons (Fsp3) is 0.395. The third-order valence-corrected chi connectivity index (χ3v) is 8.51. The van der Waals surface area contributed by atoms with Gasteiger partial charge in [0.1, 0.15) is 16.9 Å². The van der Waals surface area contributed by atoms with Crippen molar-refractivity contribution in [2.45, 2.75) is 78.1 Å². The first-order valence-electron chi connectivity index (χ1n) is 16.5. The molecule has 2 amide bonds. The molecule has 0 spiro atoms. The molecule has 1 fully saturated rings. The number of nitrogens with zero attached hydrogens (tertiary/aromatic N) is 1. The van der Waals surface area contributed by atoms with Crippen LogP contribution in [0.4, 0.5) is 11.4 Å². The molecule has 8 nitrogen and oxygen atoms in total. The molecule has 5 rings (SSSR count). The van der Waals surface area contributed by atoms with Crippen molar-refractivity contribution >= 4 is 34.1 Å². The molecule has 1 aliphatic carbocycles. The Morgan fingerprint density at radius 3 is 1.98 bits per heavy atom. The summed E-state index contributed by atoms with van der Waals surface area (Å²) in [7, 11) is 1.63. The number of hydrogen-bond acceptors (Lipinski definition) is 6. The third-order valence-electron chi connectivity index (χ3n) is 8.51. The minimum atomic E-state index is -1.05. The van der Waals surface area contributed by atoms with Gasteiger partial charge in [-0.2, -0.15) is 0 Å². The van der Waals surface area contributed by atoms with Gasteiger partial charge in [-0.3, -0.25) is 14.6 Å². The van der Waals surface area contributed by atoms with Gasteiger partial charge in [-0.05, 0) is 74.7 Å². The first-order valence-corrected chi connectivity index (χ1v) is 16.5. The maximum Gasteiger partial charge on any atom is 0.240 e. The number of carbonyl (C=O) groups excluding carboxylic acids is 2. The molecule has 0 atom stereocenters. The molecule has 1 aliphatic rings. The van der Waals surface area contributed by atoms with Gasteiger partial charge in [0.2, 0.25) is 11.8 Å². The van der Waals surface area contributed by atoms with Gasteiger partial charge in [0.05, 0.1) is 19.2 Å². The van der Waals surface area contributed by atoms with Crippen LogP contribution in [0.5, 0.6) is 23.0 Å². The Hall–Kier alpha value is -4.59. The van der Waals surface area contributed by atoms with E-state index in [1.165, 1.54) is 38.5 Å². The highest BCUT2D eigenvalue weighted by Gasteiger charge is 2.56. The Labute approximate surface area is 271 Å². The molecule has 1 saturated carbocycles. The SMILES string of the molecule is CCCCCCCCCCOc1cc2c(Oc3ccc(NC(=O)C4(C(=O)Nc5ccc(C)cc5)CC4)cc3)ccnc2cc1OC. The highest BCUT2D eigenvalue weighted by molar-refractivity contribution is 6.16. The minimum absolute atomic E-state index is 0.281. The highest BCUT2D eigenvalue weighted by atomic mass is 16.5. The van der Waals surface area contributed by atoms with Gasteiger partial charge in [-0.15, -0.1) is 0 Å². The predicted molar refractivity (Wildman–Crippen MR) is 183 cm³/mol. The number of methoxy groups -OCH3 is 1. The number of fused-ring (bicyclic) bond motifs is 1. The maximum atomic E-state index is 13.1. The lowest BCUT2D eigenvalue weighted by Crippen LogP contribution is -2.35. The van der Waals surface area contributed by atoms with Crippen LogP contribution in [0, 0.1) is 12.3 Å². The van der Waals surface area contributed by atoms with E-state index in [9.17, 15) is 9.59 Å². The number of unbranched alkanes of at least 4 members (excludes halogenated alkanes) is 7. The van der Waals surface area contributed by atoms with Crippen LogP contribution in [-0.2, 0) is 9.59 Å². The smallest absolute Gasteiger partial charge is 0.240 e. The van der Waals surface area contributed by atoms with Gasteiger partial charge in [-0.25, -0.2) is 0 Å². The highest BCUT2D eigenvalue weighted by Crippen LogP contribution is 2.47. The van der Waals surface area contributed by atoms with Gasteiger partial charge in [0.25, 0.3) is 0 Å². The third kappa shape index (κ3) is 8.36. The molecule has 2 N–H and O–H groups in total. The van der Waals surface area contributed by atoms with Crippen molar-refractivity contribution in [1.29, 1.82) is 0 Å². The molecular formula is C38H45N3O5. The van der Waals surface area contributed by atoms with E-state index in [4.69, 9.17) is 14.2 Å². The minimum Gasteiger partial charge on any atom is -0.493 e. The molecule has 4 aromatic rings. The predicted octanol–water partition coefficient (Wildman–Crippen LogP) is 9.22. The lowest BCUT2D eigenvalue weighted by molar-refractivity contribution is -0.131. The number of pyridine rings is 1. The molecule has 8 heteroatoms. The number of nitrogens with one attached hydrogen (secondary N) is 2. The molecule has 0 aliphatic heterocycles. The molecule has 46 heavy (non-hydrogen) atoms. The van der Waals surface area contributed by atoms with E-state index in [0.717, 1.165) is 29.3 Å². The normalized spacial score (nSPS) is 13.2. The molecule has 242 valence electrons. The molecule has 1 aromatic heterocycles. The van der Waals surface area contributed by atoms with Crippen LogP contribution in [0.1, 0.15) is 76.7 Å². The number of ether oxygens (including phenoxy) is 3. The van der Waals surface area contributed by atoms with Gasteiger partial charge in [0, 0.05) is 29.0 Å². The topological polar surface area (TPSA) is 98.8 Å². The summed E-state index contributed by atoms with van der Waals surface area (Å²) in [4.78, 5) is 30.6. The molecule has 3 aromatic carbocycles. The monoisotopic (exact) mass is 623 g/mol. The van der Waals surface area contributed by atoms with Crippen LogP contribution < -0.4 is 24.8 Å². The number of hydrogen-bond donors (Lipinski definition) is 2. The Kier molecular flexibility index (Phi) is 11.1. The van der Waals surface area contributed by atoms with Gasteiger partial charge < -0.3 is 24.8 Å². The average Bonchev–Trinajstić information content (AvgIpc) is 3.88. The standard InChI is InChI=1S/C38H45N3O5/c1-4-5-6-7-8-9-10-11-24-45-35-25-31-32(26-34(35)44-3)39-23-20-33(31)46-30-18-16-29(17-19-30)41-37(43)38(21-22-38)36(42)40-28-14-12-27(2)13-15-28/h12-20,23,25-26H,4-11,21-22,24H2,1-3H3,(H,40,42)(H,41,43). The molecule has 0 bridgehead atoms. The van der Waals surface area contributed by atoms with E-state index < -0.39 is 5.41 Å². The van der Waals surface area contributed by atoms with Gasteiger partial charge in [0.15, 0.2) is 11.5 Å². The van der Waals surface area contributed by atoms with E-state index in [-0.39, 0.29) is 11.8 Å². The Bertz CT molecular complexity index is 1610. The summed E-state index contributed by atoms with van der Waals surface area (Å²) in [6.07, 6.45) is 12.6. The van der Waals surface area contributed by atoms with Crippen molar-refractivity contribution in [3.8, 4) is 23.0 Å². The van der Waals surface area contributed by atoms with Crippen LogP contribution in [0.2, 0.25) is 0 Å². The zero-order chi connectivity index (χ0) is 32.4. The summed E-state index contributed by atoms with van der Waals surface area (Å²) >= 11 is 0. The van der Waals surface area contributed by atoms with Crippen LogP contribution >= 0.6 is 0 Å². The van der Waals surface area contributed by atoms with E-state index in [1.807, 2.05) is 49.4 Å². The quantitative estimate of drug-likeness (QED) is 0.0899. The van der Waals surface area contributed by atoms with E-state index in [2.05, 4.69) is 22.5 Å². The van der Waals surface area contributed by atoms with Crippen molar-refractivity contribution in [3.63, 3.8) is 0 Å². The first-order chi connectivity index (χ1) is 22.4. The zero-order valence-electron chi connectivity index (χ0n) is 27.2. The van der Waals surface area contributed by atoms with Gasteiger partial charge in [-0.1, -0.05) is 69.6 Å². The molecule has 0 saturated heterocycles. The van der Waals surface area contributed by atoms with Crippen molar-refractivity contribution in [2.24, 2.45) is 5.41 Å². The second kappa shape index (κ2) is 15.6. The number of benzene rings is 3. The lowest BCUT2D eigenvalue weighted by atomic mass is 10.0. The fourth-order valence-corrected chi connectivity index (χ4v) is 5.46. The van der Waals surface area contributed by atoms with E-state index in [1.54, 1.807) is 37.6 Å². The summed E-state index contributed by atoms with van der Waals surface area (Å²) in [6.45, 7) is 4.85. The number of anilines is 2. The summed E-state index contributed by atoms with van der Waals surface area (Å²) in [5, 5.41) is 6.60. The summed E-state index contributed by atoms with van der Waals surface area (Å²) in [5.74, 6) is 1.94. The molecule has 0 radical (unpaired) electrons. The number of aryl methyl sites for hydroxylation is 1. The second-order valence-corrected chi connectivity index (χ2v) is 12.1. The largest absolute Gasteiger partial charge is 0.493 e. The molecule has 0 unspecified atom stereocenters. The summed E-state index contributed by atoms with van der Waals surface area (Å²) < 4.78 is 18.0. The van der Waals surface area contributed by atoms with Crippen LogP contribution in [0.25, 0.3) is 10.9 Å². The zero-order valence-corrected chi connectivity index (χ0v) is 27.2. The number of amides is 2. The van der Waals surface area contributed by atoms with Crippen LogP contribution in [0.15, 0.2) is 72.9 Å². The number of aromatic nitrogens is 1. The van der Waals surface area contributed by atoms with Crippen molar-refractivity contribution in [1.82, 2.24) is 4.98 Å². The number of carbonyl (C=O) groups is 2. The van der Waals surface area contributed by atoms with Gasteiger partial charge >= 0.3 is 0 Å². The molecular weight excluding hydrogens is 578 g/mol. The Morgan fingerprint density at radius 2 is 1.37 bits per heavy atom. The van der Waals surface area contributed by atoms with Crippen LogP contribution in [0.3, 0.4) is 0 Å². The van der Waals surface area contributed by atoms with E-state index >= 15 is 0 Å². The lowest BCUT2D eigenvalue weighted by Gasteiger charge is -2.16.